The normalized spacial score (nSPS) is 16.2. The summed E-state index contributed by atoms with van der Waals surface area (Å²) in [6, 6.07) is 4.23. The van der Waals surface area contributed by atoms with Crippen molar-refractivity contribution in [1.82, 2.24) is 4.72 Å². The molecule has 1 aromatic carbocycles. The number of hydrogen-bond acceptors (Lipinski definition) is 5. The highest BCUT2D eigenvalue weighted by molar-refractivity contribution is 7.89. The molecule has 1 aliphatic rings. The standard InChI is InChI=1S/C15H22N2O5S/c18-9-8-16-23(21,22)12-6-7-14(13(10-12)15(19)20)17-11-4-2-1-3-5-11/h6-7,10-11,16-18H,1-5,8-9H2,(H,19,20). The van der Waals surface area contributed by atoms with Gasteiger partial charge in [0.25, 0.3) is 0 Å². The number of nitrogens with one attached hydrogen (secondary N) is 2. The van der Waals surface area contributed by atoms with E-state index in [9.17, 15) is 18.3 Å². The average Bonchev–Trinajstić information content (AvgIpc) is 2.54. The van der Waals surface area contributed by atoms with Gasteiger partial charge in [-0.3, -0.25) is 0 Å². The zero-order valence-corrected chi connectivity index (χ0v) is 13.6. The van der Waals surface area contributed by atoms with Crippen molar-refractivity contribution >= 4 is 21.7 Å². The molecule has 4 N–H and O–H groups in total. The Kier molecular flexibility index (Phi) is 5.97. The smallest absolute Gasteiger partial charge is 0.337 e. The summed E-state index contributed by atoms with van der Waals surface area (Å²) in [6.07, 6.45) is 5.38. The molecule has 0 heterocycles. The van der Waals surface area contributed by atoms with E-state index in [0.29, 0.717) is 5.69 Å². The third kappa shape index (κ3) is 4.66. The molecule has 1 aromatic rings. The highest BCUT2D eigenvalue weighted by Gasteiger charge is 2.21. The number of sulfonamides is 1. The minimum absolute atomic E-state index is 0.0672. The van der Waals surface area contributed by atoms with Crippen molar-refractivity contribution in [2.75, 3.05) is 18.5 Å². The zero-order chi connectivity index (χ0) is 16.9. The number of aromatic carboxylic acids is 1. The third-order valence-electron chi connectivity index (χ3n) is 3.90. The number of carboxylic acids is 1. The fraction of sp³-hybridized carbons (Fsp3) is 0.533. The molecule has 1 fully saturated rings. The lowest BCUT2D eigenvalue weighted by molar-refractivity contribution is 0.0697. The van der Waals surface area contributed by atoms with Gasteiger partial charge in [-0.1, -0.05) is 19.3 Å². The minimum Gasteiger partial charge on any atom is -0.478 e. The maximum absolute atomic E-state index is 12.0. The number of carbonyl (C=O) groups is 1. The lowest BCUT2D eigenvalue weighted by atomic mass is 9.95. The summed E-state index contributed by atoms with van der Waals surface area (Å²) in [4.78, 5) is 11.3. The topological polar surface area (TPSA) is 116 Å². The number of rotatable bonds is 7. The number of aliphatic hydroxyl groups is 1. The maximum atomic E-state index is 12.0. The molecule has 23 heavy (non-hydrogen) atoms. The summed E-state index contributed by atoms with van der Waals surface area (Å²) in [7, 11) is -3.83. The lowest BCUT2D eigenvalue weighted by Gasteiger charge is -2.24. The second-order valence-corrected chi connectivity index (χ2v) is 7.38. The van der Waals surface area contributed by atoms with Crippen molar-refractivity contribution in [1.29, 1.82) is 0 Å². The van der Waals surface area contributed by atoms with Gasteiger partial charge in [-0.05, 0) is 31.0 Å². The van der Waals surface area contributed by atoms with E-state index in [0.717, 1.165) is 31.7 Å². The molecule has 0 radical (unpaired) electrons. The Morgan fingerprint density at radius 1 is 1.22 bits per heavy atom. The molecule has 0 spiro atoms. The maximum Gasteiger partial charge on any atom is 0.337 e. The van der Waals surface area contributed by atoms with Crippen LogP contribution in [0, 0.1) is 0 Å². The molecule has 0 aliphatic heterocycles. The number of anilines is 1. The summed E-state index contributed by atoms with van der Waals surface area (Å²) in [5.41, 5.74) is 0.368. The number of carboxylic acid groups (broad SMARTS) is 1. The van der Waals surface area contributed by atoms with E-state index in [1.165, 1.54) is 18.6 Å². The van der Waals surface area contributed by atoms with Crippen LogP contribution < -0.4 is 10.0 Å². The molecular formula is C15H22N2O5S. The van der Waals surface area contributed by atoms with Gasteiger partial charge in [0.1, 0.15) is 0 Å². The van der Waals surface area contributed by atoms with Crippen molar-refractivity contribution in [2.45, 2.75) is 43.0 Å². The van der Waals surface area contributed by atoms with E-state index in [-0.39, 0.29) is 29.7 Å². The lowest BCUT2D eigenvalue weighted by Crippen LogP contribution is -2.27. The number of hydrogen-bond donors (Lipinski definition) is 4. The monoisotopic (exact) mass is 342 g/mol. The fourth-order valence-corrected chi connectivity index (χ4v) is 3.77. The Balaban J connectivity index is 2.25. The predicted octanol–water partition coefficient (Wildman–Crippen LogP) is 1.40. The first kappa shape index (κ1) is 17.7. The van der Waals surface area contributed by atoms with Crippen LogP contribution in [0.1, 0.15) is 42.5 Å². The fourth-order valence-electron chi connectivity index (χ4n) is 2.72. The van der Waals surface area contributed by atoms with Gasteiger partial charge in [0, 0.05) is 18.3 Å². The Hall–Kier alpha value is -1.64. The van der Waals surface area contributed by atoms with Crippen LogP contribution in [-0.4, -0.2) is 43.8 Å². The summed E-state index contributed by atoms with van der Waals surface area (Å²) < 4.78 is 26.3. The third-order valence-corrected chi connectivity index (χ3v) is 5.36. The van der Waals surface area contributed by atoms with Gasteiger partial charge in [-0.15, -0.1) is 0 Å². The molecule has 0 atom stereocenters. The van der Waals surface area contributed by atoms with Crippen molar-refractivity contribution in [3.05, 3.63) is 23.8 Å². The van der Waals surface area contributed by atoms with Gasteiger partial charge in [0.2, 0.25) is 10.0 Å². The number of benzene rings is 1. The first-order chi connectivity index (χ1) is 10.9. The first-order valence-corrected chi connectivity index (χ1v) is 9.17. The number of aliphatic hydroxyl groups excluding tert-OH is 1. The van der Waals surface area contributed by atoms with Crippen LogP contribution in [0.5, 0.6) is 0 Å². The quantitative estimate of drug-likeness (QED) is 0.595. The summed E-state index contributed by atoms with van der Waals surface area (Å²) in [6.45, 7) is -0.445. The van der Waals surface area contributed by atoms with Crippen LogP contribution in [0.15, 0.2) is 23.1 Å². The second-order valence-electron chi connectivity index (χ2n) is 5.61. The molecule has 0 amide bonds. The second kappa shape index (κ2) is 7.76. The molecule has 8 heteroatoms. The molecule has 2 rings (SSSR count). The van der Waals surface area contributed by atoms with Crippen LogP contribution in [0.3, 0.4) is 0 Å². The molecule has 0 aromatic heterocycles. The van der Waals surface area contributed by atoms with Crippen LogP contribution in [-0.2, 0) is 10.0 Å². The van der Waals surface area contributed by atoms with Crippen molar-refractivity contribution in [3.63, 3.8) is 0 Å². The molecule has 0 bridgehead atoms. The molecule has 1 aliphatic carbocycles. The van der Waals surface area contributed by atoms with Gasteiger partial charge < -0.3 is 15.5 Å². The molecule has 7 nitrogen and oxygen atoms in total. The van der Waals surface area contributed by atoms with E-state index < -0.39 is 16.0 Å². The van der Waals surface area contributed by atoms with Gasteiger partial charge in [-0.2, -0.15) is 0 Å². The van der Waals surface area contributed by atoms with E-state index in [1.54, 1.807) is 0 Å². The highest BCUT2D eigenvalue weighted by Crippen LogP contribution is 2.26. The van der Waals surface area contributed by atoms with Crippen molar-refractivity contribution < 1.29 is 23.4 Å². The van der Waals surface area contributed by atoms with Crippen molar-refractivity contribution in [2.24, 2.45) is 0 Å². The van der Waals surface area contributed by atoms with Gasteiger partial charge in [0.05, 0.1) is 17.1 Å². The van der Waals surface area contributed by atoms with Gasteiger partial charge >= 0.3 is 5.97 Å². The molecular weight excluding hydrogens is 320 g/mol. The molecule has 1 saturated carbocycles. The Bertz CT molecular complexity index is 654. The van der Waals surface area contributed by atoms with Gasteiger partial charge in [0.15, 0.2) is 0 Å². The van der Waals surface area contributed by atoms with Crippen LogP contribution >= 0.6 is 0 Å². The highest BCUT2D eigenvalue weighted by atomic mass is 32.2. The molecule has 128 valence electrons. The first-order valence-electron chi connectivity index (χ1n) is 7.68. The zero-order valence-electron chi connectivity index (χ0n) is 12.8. The minimum atomic E-state index is -3.83. The summed E-state index contributed by atoms with van der Waals surface area (Å²) >= 11 is 0. The molecule has 0 saturated heterocycles. The molecule has 0 unspecified atom stereocenters. The Morgan fingerprint density at radius 2 is 1.91 bits per heavy atom. The summed E-state index contributed by atoms with van der Waals surface area (Å²) in [5.74, 6) is -1.18. The Morgan fingerprint density at radius 3 is 2.52 bits per heavy atom. The van der Waals surface area contributed by atoms with Crippen molar-refractivity contribution in [3.8, 4) is 0 Å². The average molecular weight is 342 g/mol. The van der Waals surface area contributed by atoms with Crippen LogP contribution in [0.4, 0.5) is 5.69 Å². The van der Waals surface area contributed by atoms with Crippen LogP contribution in [0.2, 0.25) is 0 Å². The van der Waals surface area contributed by atoms with E-state index in [4.69, 9.17) is 5.11 Å². The SMILES string of the molecule is O=C(O)c1cc(S(=O)(=O)NCCO)ccc1NC1CCCCC1. The predicted molar refractivity (Wildman–Crippen MR) is 86.2 cm³/mol. The Labute approximate surface area is 135 Å². The van der Waals surface area contributed by atoms with E-state index in [2.05, 4.69) is 10.0 Å². The van der Waals surface area contributed by atoms with E-state index in [1.807, 2.05) is 0 Å². The largest absolute Gasteiger partial charge is 0.478 e. The van der Waals surface area contributed by atoms with E-state index >= 15 is 0 Å². The van der Waals surface area contributed by atoms with Crippen LogP contribution in [0.25, 0.3) is 0 Å². The summed E-state index contributed by atoms with van der Waals surface area (Å²) in [5, 5.41) is 21.3. The van der Waals surface area contributed by atoms with Gasteiger partial charge in [-0.25, -0.2) is 17.9 Å².